The number of phenolic OH excluding ortho intramolecular Hbond substituents is 1. The number of aromatic nitrogens is 2. The van der Waals surface area contributed by atoms with E-state index < -0.39 is 0 Å². The van der Waals surface area contributed by atoms with E-state index in [-0.39, 0.29) is 23.1 Å². The summed E-state index contributed by atoms with van der Waals surface area (Å²) in [5.41, 5.74) is 0. The fourth-order valence-electron chi connectivity index (χ4n) is 1.03. The van der Waals surface area contributed by atoms with Crippen molar-refractivity contribution < 1.29 is 14.9 Å². The van der Waals surface area contributed by atoms with Crippen LogP contribution in [0.5, 0.6) is 23.1 Å². The quantitative estimate of drug-likeness (QED) is 0.778. The van der Waals surface area contributed by atoms with E-state index in [9.17, 15) is 10.2 Å². The monoisotopic (exact) mass is 204 g/mol. The molecule has 0 aliphatic heterocycles. The highest BCUT2D eigenvalue weighted by molar-refractivity contribution is 5.42. The molecule has 0 aliphatic carbocycles. The predicted octanol–water partition coefficient (Wildman–Crippen LogP) is 1.68. The first-order valence-corrected chi connectivity index (χ1v) is 4.24. The molecule has 2 aromatic rings. The van der Waals surface area contributed by atoms with Gasteiger partial charge in [0.15, 0.2) is 17.2 Å². The van der Waals surface area contributed by atoms with E-state index in [1.54, 1.807) is 18.2 Å². The molecule has 2 N–H and O–H groups in total. The molecule has 0 saturated carbocycles. The minimum atomic E-state index is -0.131. The van der Waals surface area contributed by atoms with Crippen molar-refractivity contribution in [1.29, 1.82) is 0 Å². The summed E-state index contributed by atoms with van der Waals surface area (Å²) in [6, 6.07) is 7.75. The van der Waals surface area contributed by atoms with E-state index in [1.807, 2.05) is 0 Å². The Hall–Kier alpha value is -2.30. The first-order chi connectivity index (χ1) is 7.27. The third-order valence-electron chi connectivity index (χ3n) is 1.74. The van der Waals surface area contributed by atoms with Crippen LogP contribution in [0.1, 0.15) is 0 Å². The second-order valence-corrected chi connectivity index (χ2v) is 2.79. The van der Waals surface area contributed by atoms with E-state index >= 15 is 0 Å². The molecular formula is C10H8N2O3. The van der Waals surface area contributed by atoms with Crippen molar-refractivity contribution in [2.75, 3.05) is 0 Å². The van der Waals surface area contributed by atoms with E-state index in [0.717, 1.165) is 0 Å². The van der Waals surface area contributed by atoms with Crippen molar-refractivity contribution in [2.45, 2.75) is 0 Å². The van der Waals surface area contributed by atoms with Crippen molar-refractivity contribution in [1.82, 2.24) is 10.2 Å². The zero-order valence-electron chi connectivity index (χ0n) is 7.66. The van der Waals surface area contributed by atoms with Crippen molar-refractivity contribution in [3.63, 3.8) is 0 Å². The molecule has 0 spiro atoms. The molecule has 1 aromatic heterocycles. The van der Waals surface area contributed by atoms with Crippen LogP contribution in [0.15, 0.2) is 36.5 Å². The van der Waals surface area contributed by atoms with Crippen LogP contribution in [0.25, 0.3) is 0 Å². The number of rotatable bonds is 2. The van der Waals surface area contributed by atoms with Crippen molar-refractivity contribution in [3.05, 3.63) is 36.5 Å². The predicted molar refractivity (Wildman–Crippen MR) is 51.9 cm³/mol. The Morgan fingerprint density at radius 3 is 2.53 bits per heavy atom. The Bertz CT molecular complexity index is 430. The van der Waals surface area contributed by atoms with Crippen LogP contribution in [0.4, 0.5) is 0 Å². The van der Waals surface area contributed by atoms with Crippen LogP contribution >= 0.6 is 0 Å². The van der Waals surface area contributed by atoms with Gasteiger partial charge in [-0.05, 0) is 12.1 Å². The highest BCUT2D eigenvalue weighted by atomic mass is 16.5. The highest BCUT2D eigenvalue weighted by Crippen LogP contribution is 2.32. The molecule has 0 fully saturated rings. The second-order valence-electron chi connectivity index (χ2n) is 2.79. The van der Waals surface area contributed by atoms with Crippen molar-refractivity contribution >= 4 is 0 Å². The molecule has 5 heteroatoms. The first-order valence-electron chi connectivity index (χ1n) is 4.24. The molecule has 0 radical (unpaired) electrons. The smallest absolute Gasteiger partial charge is 0.281 e. The molecular weight excluding hydrogens is 196 g/mol. The lowest BCUT2D eigenvalue weighted by Crippen LogP contribution is -1.90. The molecule has 0 unspecified atom stereocenters. The molecule has 76 valence electrons. The molecule has 0 amide bonds. The summed E-state index contributed by atoms with van der Waals surface area (Å²) in [7, 11) is 0. The summed E-state index contributed by atoms with van der Waals surface area (Å²) in [6.07, 6.45) is 1.34. The van der Waals surface area contributed by atoms with Gasteiger partial charge in [0, 0.05) is 6.07 Å². The molecule has 1 heterocycles. The maximum atomic E-state index is 9.41. The standard InChI is InChI=1S/C10H8N2O3/c13-7-3-1-2-4-9(7)15-10-8(14)5-6-11-12-10/h1-6,13H,(H,11,14). The third kappa shape index (κ3) is 1.96. The van der Waals surface area contributed by atoms with Crippen LogP contribution < -0.4 is 4.74 Å². The summed E-state index contributed by atoms with van der Waals surface area (Å²) >= 11 is 0. The Morgan fingerprint density at radius 1 is 1.00 bits per heavy atom. The number of benzene rings is 1. The number of nitrogens with zero attached hydrogens (tertiary/aromatic N) is 2. The zero-order valence-corrected chi connectivity index (χ0v) is 7.66. The van der Waals surface area contributed by atoms with Crippen LogP contribution in [0.3, 0.4) is 0 Å². The van der Waals surface area contributed by atoms with Gasteiger partial charge in [-0.2, -0.15) is 5.10 Å². The molecule has 0 aliphatic rings. The van der Waals surface area contributed by atoms with Crippen LogP contribution in [-0.2, 0) is 0 Å². The third-order valence-corrected chi connectivity index (χ3v) is 1.74. The lowest BCUT2D eigenvalue weighted by molar-refractivity contribution is 0.369. The van der Waals surface area contributed by atoms with E-state index in [4.69, 9.17) is 4.74 Å². The van der Waals surface area contributed by atoms with Gasteiger partial charge in [-0.1, -0.05) is 12.1 Å². The number of hydrogen-bond donors (Lipinski definition) is 2. The summed E-state index contributed by atoms with van der Waals surface area (Å²) in [5, 5.41) is 25.9. The van der Waals surface area contributed by atoms with Crippen LogP contribution in [0, 0.1) is 0 Å². The minimum Gasteiger partial charge on any atom is -0.504 e. The van der Waals surface area contributed by atoms with E-state index in [1.165, 1.54) is 18.3 Å². The molecule has 1 aromatic carbocycles. The second kappa shape index (κ2) is 3.83. The van der Waals surface area contributed by atoms with E-state index in [0.29, 0.717) is 0 Å². The van der Waals surface area contributed by atoms with E-state index in [2.05, 4.69) is 10.2 Å². The summed E-state index contributed by atoms with van der Waals surface area (Å²) < 4.78 is 5.17. The number of para-hydroxylation sites is 2. The summed E-state index contributed by atoms with van der Waals surface area (Å²) in [5.74, 6) is 0.0168. The Balaban J connectivity index is 2.30. The topological polar surface area (TPSA) is 75.5 Å². The molecule has 5 nitrogen and oxygen atoms in total. The average molecular weight is 204 g/mol. The summed E-state index contributed by atoms with van der Waals surface area (Å²) in [4.78, 5) is 0. The van der Waals surface area contributed by atoms with Gasteiger partial charge in [0.05, 0.1) is 6.20 Å². The van der Waals surface area contributed by atoms with Gasteiger partial charge < -0.3 is 14.9 Å². The number of phenols is 1. The van der Waals surface area contributed by atoms with Crippen LogP contribution in [-0.4, -0.2) is 20.4 Å². The lowest BCUT2D eigenvalue weighted by Gasteiger charge is -2.06. The number of hydrogen-bond acceptors (Lipinski definition) is 5. The fourth-order valence-corrected chi connectivity index (χ4v) is 1.03. The van der Waals surface area contributed by atoms with Gasteiger partial charge in [0.1, 0.15) is 0 Å². The number of aromatic hydroxyl groups is 2. The normalized spacial score (nSPS) is 9.87. The molecule has 2 rings (SSSR count). The van der Waals surface area contributed by atoms with Crippen molar-refractivity contribution in [3.8, 4) is 23.1 Å². The Morgan fingerprint density at radius 2 is 1.80 bits per heavy atom. The number of ether oxygens (including phenoxy) is 1. The zero-order chi connectivity index (χ0) is 10.7. The maximum Gasteiger partial charge on any atom is 0.281 e. The average Bonchev–Trinajstić information content (AvgIpc) is 2.24. The van der Waals surface area contributed by atoms with Gasteiger partial charge in [0.2, 0.25) is 0 Å². The fraction of sp³-hybridized carbons (Fsp3) is 0. The first kappa shape index (κ1) is 9.26. The van der Waals surface area contributed by atoms with Crippen LogP contribution in [0.2, 0.25) is 0 Å². The summed E-state index contributed by atoms with van der Waals surface area (Å²) in [6.45, 7) is 0. The highest BCUT2D eigenvalue weighted by Gasteiger charge is 2.07. The van der Waals surface area contributed by atoms with Gasteiger partial charge in [-0.3, -0.25) is 0 Å². The van der Waals surface area contributed by atoms with Gasteiger partial charge in [-0.25, -0.2) is 0 Å². The van der Waals surface area contributed by atoms with Gasteiger partial charge in [-0.15, -0.1) is 5.10 Å². The molecule has 0 bridgehead atoms. The largest absolute Gasteiger partial charge is 0.504 e. The minimum absolute atomic E-state index is 0.0254. The van der Waals surface area contributed by atoms with Gasteiger partial charge in [0.25, 0.3) is 5.88 Å². The SMILES string of the molecule is Oc1ccccc1Oc1nnccc1O. The maximum absolute atomic E-state index is 9.41. The van der Waals surface area contributed by atoms with Crippen molar-refractivity contribution in [2.24, 2.45) is 0 Å². The lowest BCUT2D eigenvalue weighted by atomic mass is 10.3. The molecule has 15 heavy (non-hydrogen) atoms. The van der Waals surface area contributed by atoms with Gasteiger partial charge >= 0.3 is 0 Å². The molecule has 0 saturated heterocycles. The Kier molecular flexibility index (Phi) is 2.37. The Labute approximate surface area is 85.6 Å². The molecule has 0 atom stereocenters.